The van der Waals surface area contributed by atoms with Crippen molar-refractivity contribution in [1.29, 1.82) is 0 Å². The van der Waals surface area contributed by atoms with Crippen molar-refractivity contribution >= 4 is 52.6 Å². The number of hydrogen-bond acceptors (Lipinski definition) is 2. The number of halogens is 1. The second-order valence-electron chi connectivity index (χ2n) is 6.34. The minimum atomic E-state index is 0. The number of nitrogens with zero attached hydrogens (tertiary/aromatic N) is 1. The molecule has 1 aliphatic rings. The SMILES string of the molecule is CCNC(=NCC1CCCS1)NCCc1c[nH]c2c(C)cccc12.I. The van der Waals surface area contributed by atoms with Crippen molar-refractivity contribution in [3.05, 3.63) is 35.5 Å². The molecule has 1 atom stereocenters. The summed E-state index contributed by atoms with van der Waals surface area (Å²) in [6.45, 7) is 6.98. The Kier molecular flexibility index (Phi) is 8.42. The van der Waals surface area contributed by atoms with Gasteiger partial charge in [-0.05, 0) is 50.0 Å². The summed E-state index contributed by atoms with van der Waals surface area (Å²) >= 11 is 2.06. The molecule has 0 saturated carbocycles. The van der Waals surface area contributed by atoms with Crippen molar-refractivity contribution in [2.75, 3.05) is 25.4 Å². The standard InChI is InChI=1S/C19H28N4S.HI/c1-3-20-19(23-13-16-7-5-11-24-16)21-10-9-15-12-22-18-14(2)6-4-8-17(15)18;/h4,6,8,12,16,22H,3,5,7,9-11,13H2,1-2H3,(H2,20,21,23);1H. The van der Waals surface area contributed by atoms with Crippen LogP contribution >= 0.6 is 35.7 Å². The number of aryl methyl sites for hydroxylation is 1. The molecule has 1 fully saturated rings. The van der Waals surface area contributed by atoms with Gasteiger partial charge in [-0.1, -0.05) is 18.2 Å². The van der Waals surface area contributed by atoms with Crippen molar-refractivity contribution < 1.29 is 0 Å². The van der Waals surface area contributed by atoms with E-state index >= 15 is 0 Å². The van der Waals surface area contributed by atoms with Gasteiger partial charge in [-0.2, -0.15) is 11.8 Å². The van der Waals surface area contributed by atoms with Gasteiger partial charge < -0.3 is 15.6 Å². The molecule has 0 radical (unpaired) electrons. The smallest absolute Gasteiger partial charge is 0.191 e. The van der Waals surface area contributed by atoms with Crippen LogP contribution in [0.1, 0.15) is 30.9 Å². The molecule has 138 valence electrons. The van der Waals surface area contributed by atoms with Crippen LogP contribution in [0.5, 0.6) is 0 Å². The van der Waals surface area contributed by atoms with Crippen LogP contribution in [0.15, 0.2) is 29.4 Å². The van der Waals surface area contributed by atoms with Gasteiger partial charge in [0.2, 0.25) is 0 Å². The van der Waals surface area contributed by atoms with Gasteiger partial charge in [0.1, 0.15) is 0 Å². The van der Waals surface area contributed by atoms with Crippen molar-refractivity contribution in [3.8, 4) is 0 Å². The number of aromatic nitrogens is 1. The molecular formula is C19H29IN4S. The van der Waals surface area contributed by atoms with Crippen LogP contribution in [0.25, 0.3) is 10.9 Å². The molecule has 25 heavy (non-hydrogen) atoms. The first-order chi connectivity index (χ1) is 11.8. The summed E-state index contributed by atoms with van der Waals surface area (Å²) in [4.78, 5) is 8.16. The summed E-state index contributed by atoms with van der Waals surface area (Å²) < 4.78 is 0. The largest absolute Gasteiger partial charge is 0.361 e. The summed E-state index contributed by atoms with van der Waals surface area (Å²) in [6, 6.07) is 6.48. The van der Waals surface area contributed by atoms with E-state index < -0.39 is 0 Å². The van der Waals surface area contributed by atoms with E-state index in [1.165, 1.54) is 40.6 Å². The highest BCUT2D eigenvalue weighted by atomic mass is 127. The van der Waals surface area contributed by atoms with Crippen LogP contribution in [0.2, 0.25) is 0 Å². The van der Waals surface area contributed by atoms with E-state index in [1.807, 2.05) is 0 Å². The van der Waals surface area contributed by atoms with E-state index in [9.17, 15) is 0 Å². The van der Waals surface area contributed by atoms with E-state index in [1.54, 1.807) is 0 Å². The summed E-state index contributed by atoms with van der Waals surface area (Å²) in [6.07, 6.45) is 5.78. The van der Waals surface area contributed by atoms with Gasteiger partial charge in [0.25, 0.3) is 0 Å². The topological polar surface area (TPSA) is 52.2 Å². The summed E-state index contributed by atoms with van der Waals surface area (Å²) in [5.74, 6) is 2.24. The number of benzene rings is 1. The van der Waals surface area contributed by atoms with Gasteiger partial charge in [0.15, 0.2) is 5.96 Å². The Labute approximate surface area is 172 Å². The average molecular weight is 472 g/mol. The number of H-pyrrole nitrogens is 1. The number of hydrogen-bond donors (Lipinski definition) is 3. The molecule has 1 unspecified atom stereocenters. The Morgan fingerprint density at radius 3 is 3.00 bits per heavy atom. The third kappa shape index (κ3) is 5.54. The molecule has 0 aliphatic carbocycles. The molecule has 1 aromatic carbocycles. The predicted octanol–water partition coefficient (Wildman–Crippen LogP) is 4.09. The summed E-state index contributed by atoms with van der Waals surface area (Å²) in [5, 5.41) is 8.87. The molecule has 0 amide bonds. The lowest BCUT2D eigenvalue weighted by Gasteiger charge is -2.12. The summed E-state index contributed by atoms with van der Waals surface area (Å²) in [7, 11) is 0. The molecule has 2 aromatic rings. The fourth-order valence-electron chi connectivity index (χ4n) is 3.21. The maximum absolute atomic E-state index is 4.76. The van der Waals surface area contributed by atoms with E-state index in [-0.39, 0.29) is 24.0 Å². The zero-order chi connectivity index (χ0) is 16.8. The van der Waals surface area contributed by atoms with Crippen LogP contribution < -0.4 is 10.6 Å². The molecular weight excluding hydrogens is 443 g/mol. The van der Waals surface area contributed by atoms with Gasteiger partial charge in [-0.3, -0.25) is 4.99 Å². The second-order valence-corrected chi connectivity index (χ2v) is 7.75. The van der Waals surface area contributed by atoms with Crippen LogP contribution in [-0.2, 0) is 6.42 Å². The van der Waals surface area contributed by atoms with Gasteiger partial charge in [0, 0.05) is 35.4 Å². The molecule has 2 heterocycles. The molecule has 1 aliphatic heterocycles. The Balaban J connectivity index is 0.00000225. The Morgan fingerprint density at radius 1 is 1.36 bits per heavy atom. The van der Waals surface area contributed by atoms with E-state index in [2.05, 4.69) is 65.6 Å². The van der Waals surface area contributed by atoms with Gasteiger partial charge in [-0.25, -0.2) is 0 Å². The van der Waals surface area contributed by atoms with Crippen molar-refractivity contribution in [2.24, 2.45) is 4.99 Å². The van der Waals surface area contributed by atoms with Crippen molar-refractivity contribution in [2.45, 2.75) is 38.4 Å². The fourth-order valence-corrected chi connectivity index (χ4v) is 4.39. The maximum Gasteiger partial charge on any atom is 0.191 e. The lowest BCUT2D eigenvalue weighted by Crippen LogP contribution is -2.38. The average Bonchev–Trinajstić information content (AvgIpc) is 3.23. The minimum absolute atomic E-state index is 0. The lowest BCUT2D eigenvalue weighted by atomic mass is 10.1. The number of fused-ring (bicyclic) bond motifs is 1. The Morgan fingerprint density at radius 2 is 2.24 bits per heavy atom. The number of aliphatic imine (C=N–C) groups is 1. The molecule has 3 N–H and O–H groups in total. The van der Waals surface area contributed by atoms with E-state index in [4.69, 9.17) is 4.99 Å². The van der Waals surface area contributed by atoms with Crippen molar-refractivity contribution in [3.63, 3.8) is 0 Å². The lowest BCUT2D eigenvalue weighted by molar-refractivity contribution is 0.761. The summed E-state index contributed by atoms with van der Waals surface area (Å²) in [5.41, 5.74) is 3.92. The van der Waals surface area contributed by atoms with Crippen molar-refractivity contribution in [1.82, 2.24) is 15.6 Å². The first-order valence-corrected chi connectivity index (χ1v) is 10.0. The number of aromatic amines is 1. The zero-order valence-corrected chi connectivity index (χ0v) is 18.2. The normalized spacial score (nSPS) is 17.5. The van der Waals surface area contributed by atoms with Crippen LogP contribution in [0.3, 0.4) is 0 Å². The molecule has 3 rings (SSSR count). The Bertz CT molecular complexity index is 692. The fraction of sp³-hybridized carbons (Fsp3) is 0.526. The number of nitrogens with one attached hydrogen (secondary N) is 3. The first-order valence-electron chi connectivity index (χ1n) is 8.97. The zero-order valence-electron chi connectivity index (χ0n) is 15.1. The highest BCUT2D eigenvalue weighted by Gasteiger charge is 2.15. The minimum Gasteiger partial charge on any atom is -0.361 e. The molecule has 4 nitrogen and oxygen atoms in total. The van der Waals surface area contributed by atoms with Crippen LogP contribution in [0.4, 0.5) is 0 Å². The second kappa shape index (κ2) is 10.3. The van der Waals surface area contributed by atoms with Gasteiger partial charge >= 0.3 is 0 Å². The van der Waals surface area contributed by atoms with Gasteiger partial charge in [-0.15, -0.1) is 24.0 Å². The third-order valence-electron chi connectivity index (χ3n) is 4.52. The Hall–Kier alpha value is -0.890. The third-order valence-corrected chi connectivity index (χ3v) is 5.90. The van der Waals surface area contributed by atoms with Crippen LogP contribution in [0, 0.1) is 6.92 Å². The highest BCUT2D eigenvalue weighted by molar-refractivity contribution is 14.0. The molecule has 0 bridgehead atoms. The van der Waals surface area contributed by atoms with E-state index in [0.717, 1.165) is 32.0 Å². The molecule has 1 aromatic heterocycles. The number of thioether (sulfide) groups is 1. The van der Waals surface area contributed by atoms with Crippen LogP contribution in [-0.4, -0.2) is 41.6 Å². The molecule has 6 heteroatoms. The molecule has 0 spiro atoms. The number of guanidine groups is 1. The predicted molar refractivity (Wildman–Crippen MR) is 122 cm³/mol. The highest BCUT2D eigenvalue weighted by Crippen LogP contribution is 2.26. The monoisotopic (exact) mass is 472 g/mol. The number of rotatable bonds is 6. The molecule has 1 saturated heterocycles. The quantitative estimate of drug-likeness (QED) is 0.337. The van der Waals surface area contributed by atoms with E-state index in [0.29, 0.717) is 5.25 Å². The maximum atomic E-state index is 4.76. The number of para-hydroxylation sites is 1. The van der Waals surface area contributed by atoms with Gasteiger partial charge in [0.05, 0.1) is 6.54 Å². The first kappa shape index (κ1) is 20.4.